The molecule has 0 spiro atoms. The second kappa shape index (κ2) is 6.97. The zero-order valence-electron chi connectivity index (χ0n) is 11.3. The number of hydrogen-bond donors (Lipinski definition) is 2. The molecule has 0 radical (unpaired) electrons. The normalized spacial score (nSPS) is 10.0. The fraction of sp³-hybridized carbons (Fsp3) is 0.500. The molecule has 0 saturated carbocycles. The standard InChI is InChI=1S/C12H18N4O2S/c1-16(2)12(17)10-9(14)8(7-13)11(19-10)15-5-4-6-18-3/h15H,4-6,14H2,1-3H3. The predicted octanol–water partition coefficient (Wildman–Crippen LogP) is 1.35. The van der Waals surface area contributed by atoms with Gasteiger partial charge in [0.2, 0.25) is 0 Å². The summed E-state index contributed by atoms with van der Waals surface area (Å²) in [6.07, 6.45) is 0.816. The molecule has 1 rings (SSSR count). The van der Waals surface area contributed by atoms with Gasteiger partial charge in [0.1, 0.15) is 21.5 Å². The first-order valence-electron chi connectivity index (χ1n) is 5.79. The maximum absolute atomic E-state index is 11.9. The summed E-state index contributed by atoms with van der Waals surface area (Å²) < 4.78 is 4.95. The van der Waals surface area contributed by atoms with Crippen LogP contribution in [0.3, 0.4) is 0 Å². The summed E-state index contributed by atoms with van der Waals surface area (Å²) in [6, 6.07) is 2.04. The molecule has 0 aromatic carbocycles. The number of carbonyl (C=O) groups is 1. The van der Waals surface area contributed by atoms with E-state index in [2.05, 4.69) is 5.32 Å². The highest BCUT2D eigenvalue weighted by Gasteiger charge is 2.21. The zero-order chi connectivity index (χ0) is 14.4. The van der Waals surface area contributed by atoms with E-state index >= 15 is 0 Å². The van der Waals surface area contributed by atoms with Crippen molar-refractivity contribution in [3.63, 3.8) is 0 Å². The molecule has 104 valence electrons. The SMILES string of the molecule is COCCCNc1sc(C(=O)N(C)C)c(N)c1C#N. The summed E-state index contributed by atoms with van der Waals surface area (Å²) in [5.74, 6) is -0.191. The van der Waals surface area contributed by atoms with E-state index in [9.17, 15) is 4.79 Å². The summed E-state index contributed by atoms with van der Waals surface area (Å²) in [7, 11) is 4.94. The van der Waals surface area contributed by atoms with Gasteiger partial charge in [0, 0.05) is 34.4 Å². The molecule has 1 heterocycles. The molecule has 0 aliphatic rings. The largest absolute Gasteiger partial charge is 0.396 e. The lowest BCUT2D eigenvalue weighted by atomic mass is 10.2. The first-order chi connectivity index (χ1) is 9.02. The number of methoxy groups -OCH3 is 1. The molecule has 1 aromatic heterocycles. The van der Waals surface area contributed by atoms with Crippen molar-refractivity contribution in [2.24, 2.45) is 0 Å². The lowest BCUT2D eigenvalue weighted by Crippen LogP contribution is -2.21. The molecular weight excluding hydrogens is 264 g/mol. The Morgan fingerprint density at radius 3 is 2.79 bits per heavy atom. The number of carbonyl (C=O) groups excluding carboxylic acids is 1. The molecule has 0 unspecified atom stereocenters. The Kier molecular flexibility index (Phi) is 5.60. The van der Waals surface area contributed by atoms with Crippen molar-refractivity contribution in [1.29, 1.82) is 5.26 Å². The van der Waals surface area contributed by atoms with Crippen LogP contribution >= 0.6 is 11.3 Å². The lowest BCUT2D eigenvalue weighted by molar-refractivity contribution is 0.0833. The number of rotatable bonds is 6. The molecule has 0 aliphatic carbocycles. The summed E-state index contributed by atoms with van der Waals surface area (Å²) in [5.41, 5.74) is 6.45. The molecule has 1 aromatic rings. The molecule has 0 atom stereocenters. The van der Waals surface area contributed by atoms with E-state index in [4.69, 9.17) is 15.7 Å². The van der Waals surface area contributed by atoms with Gasteiger partial charge in [0.15, 0.2) is 0 Å². The Labute approximate surface area is 116 Å². The average molecular weight is 282 g/mol. The second-order valence-corrected chi connectivity index (χ2v) is 5.15. The molecule has 0 bridgehead atoms. The van der Waals surface area contributed by atoms with E-state index in [-0.39, 0.29) is 11.6 Å². The highest BCUT2D eigenvalue weighted by atomic mass is 32.1. The Balaban J connectivity index is 2.90. The summed E-state index contributed by atoms with van der Waals surface area (Å²) >= 11 is 1.21. The van der Waals surface area contributed by atoms with Crippen molar-refractivity contribution >= 4 is 27.9 Å². The fourth-order valence-corrected chi connectivity index (χ4v) is 2.58. The number of nitrogens with one attached hydrogen (secondary N) is 1. The summed E-state index contributed by atoms with van der Waals surface area (Å²) in [4.78, 5) is 13.8. The highest BCUT2D eigenvalue weighted by Crippen LogP contribution is 2.35. The third-order valence-corrected chi connectivity index (χ3v) is 3.62. The van der Waals surface area contributed by atoms with Gasteiger partial charge in [0.05, 0.1) is 5.69 Å². The molecule has 0 aliphatic heterocycles. The van der Waals surface area contributed by atoms with E-state index in [1.54, 1.807) is 21.2 Å². The number of ether oxygens (including phenoxy) is 1. The van der Waals surface area contributed by atoms with E-state index in [1.807, 2.05) is 6.07 Å². The van der Waals surface area contributed by atoms with E-state index < -0.39 is 0 Å². The van der Waals surface area contributed by atoms with E-state index in [1.165, 1.54) is 16.2 Å². The molecule has 0 fully saturated rings. The number of nitrogens with zero attached hydrogens (tertiary/aromatic N) is 2. The van der Waals surface area contributed by atoms with Crippen LogP contribution in [0, 0.1) is 11.3 Å². The Morgan fingerprint density at radius 2 is 2.26 bits per heavy atom. The molecule has 0 saturated heterocycles. The maximum atomic E-state index is 11.9. The molecule has 6 nitrogen and oxygen atoms in total. The van der Waals surface area contributed by atoms with Gasteiger partial charge in [-0.3, -0.25) is 4.79 Å². The van der Waals surface area contributed by atoms with Crippen molar-refractivity contribution in [1.82, 2.24) is 4.90 Å². The Hall–Kier alpha value is -1.78. The average Bonchev–Trinajstić information content (AvgIpc) is 2.70. The minimum atomic E-state index is -0.191. The number of hydrogen-bond acceptors (Lipinski definition) is 6. The van der Waals surface area contributed by atoms with Crippen molar-refractivity contribution in [3.8, 4) is 6.07 Å². The van der Waals surface area contributed by atoms with Gasteiger partial charge in [-0.1, -0.05) is 0 Å². The first kappa shape index (κ1) is 15.3. The first-order valence-corrected chi connectivity index (χ1v) is 6.61. The second-order valence-electron chi connectivity index (χ2n) is 4.13. The van der Waals surface area contributed by atoms with Crippen LogP contribution in [-0.2, 0) is 4.74 Å². The third-order valence-electron chi connectivity index (χ3n) is 2.47. The maximum Gasteiger partial charge on any atom is 0.265 e. The lowest BCUT2D eigenvalue weighted by Gasteiger charge is -2.08. The topological polar surface area (TPSA) is 91.4 Å². The third kappa shape index (κ3) is 3.59. The molecule has 7 heteroatoms. The number of anilines is 2. The number of thiophene rings is 1. The van der Waals surface area contributed by atoms with Gasteiger partial charge in [0.25, 0.3) is 5.91 Å². The van der Waals surface area contributed by atoms with Crippen LogP contribution in [-0.4, -0.2) is 45.2 Å². The minimum Gasteiger partial charge on any atom is -0.396 e. The Morgan fingerprint density at radius 1 is 1.58 bits per heavy atom. The fourth-order valence-electron chi connectivity index (χ4n) is 1.46. The van der Waals surface area contributed by atoms with Crippen LogP contribution in [0.1, 0.15) is 21.7 Å². The van der Waals surface area contributed by atoms with Gasteiger partial charge in [-0.2, -0.15) is 5.26 Å². The Bertz CT molecular complexity index is 491. The minimum absolute atomic E-state index is 0.191. The van der Waals surface area contributed by atoms with Gasteiger partial charge < -0.3 is 20.7 Å². The molecule has 3 N–H and O–H groups in total. The smallest absolute Gasteiger partial charge is 0.265 e. The van der Waals surface area contributed by atoms with Gasteiger partial charge >= 0.3 is 0 Å². The van der Waals surface area contributed by atoms with Gasteiger partial charge in [-0.05, 0) is 6.42 Å². The number of nitriles is 1. The molecular formula is C12H18N4O2S. The number of nitrogens with two attached hydrogens (primary N) is 1. The van der Waals surface area contributed by atoms with Crippen LogP contribution in [0.5, 0.6) is 0 Å². The van der Waals surface area contributed by atoms with Crippen molar-refractivity contribution in [3.05, 3.63) is 10.4 Å². The number of amides is 1. The predicted molar refractivity (Wildman–Crippen MR) is 76.4 cm³/mol. The van der Waals surface area contributed by atoms with Crippen LogP contribution < -0.4 is 11.1 Å². The van der Waals surface area contributed by atoms with Crippen molar-refractivity contribution < 1.29 is 9.53 Å². The molecule has 19 heavy (non-hydrogen) atoms. The van der Waals surface area contributed by atoms with Crippen LogP contribution in [0.15, 0.2) is 0 Å². The van der Waals surface area contributed by atoms with Crippen LogP contribution in [0.4, 0.5) is 10.7 Å². The van der Waals surface area contributed by atoms with Gasteiger partial charge in [-0.25, -0.2) is 0 Å². The van der Waals surface area contributed by atoms with E-state index in [0.29, 0.717) is 28.6 Å². The van der Waals surface area contributed by atoms with Crippen LogP contribution in [0.25, 0.3) is 0 Å². The molecule has 1 amide bonds. The van der Waals surface area contributed by atoms with Crippen LogP contribution in [0.2, 0.25) is 0 Å². The van der Waals surface area contributed by atoms with Crippen molar-refractivity contribution in [2.75, 3.05) is 45.4 Å². The van der Waals surface area contributed by atoms with Gasteiger partial charge in [-0.15, -0.1) is 11.3 Å². The monoisotopic (exact) mass is 282 g/mol. The quantitative estimate of drug-likeness (QED) is 0.768. The number of nitrogen functional groups attached to an aromatic ring is 1. The van der Waals surface area contributed by atoms with Crippen molar-refractivity contribution in [2.45, 2.75) is 6.42 Å². The zero-order valence-corrected chi connectivity index (χ0v) is 12.1. The van der Waals surface area contributed by atoms with E-state index in [0.717, 1.165) is 6.42 Å². The summed E-state index contributed by atoms with van der Waals surface area (Å²) in [5, 5.41) is 12.9. The highest BCUT2D eigenvalue weighted by molar-refractivity contribution is 7.18. The summed E-state index contributed by atoms with van der Waals surface area (Å²) in [6.45, 7) is 1.30.